The van der Waals surface area contributed by atoms with E-state index in [2.05, 4.69) is 72.9 Å². The fourth-order valence-corrected chi connectivity index (χ4v) is 3.45. The molecule has 0 bridgehead atoms. The summed E-state index contributed by atoms with van der Waals surface area (Å²) in [5.74, 6) is 0.885. The van der Waals surface area contributed by atoms with E-state index < -0.39 is 0 Å². The maximum Gasteiger partial charge on any atom is 0.0343 e. The van der Waals surface area contributed by atoms with Crippen molar-refractivity contribution in [2.45, 2.75) is 58.9 Å². The highest BCUT2D eigenvalue weighted by Gasteiger charge is 2.27. The highest BCUT2D eigenvalue weighted by Crippen LogP contribution is 2.37. The quantitative estimate of drug-likeness (QED) is 0.520. The summed E-state index contributed by atoms with van der Waals surface area (Å²) in [4.78, 5) is 0. The molecule has 2 heteroatoms. The number of anilines is 1. The molecule has 0 aliphatic heterocycles. The van der Waals surface area contributed by atoms with Gasteiger partial charge in [-0.3, -0.25) is 0 Å². The smallest absolute Gasteiger partial charge is 0.0343 e. The highest BCUT2D eigenvalue weighted by molar-refractivity contribution is 14.1. The highest BCUT2D eigenvalue weighted by atomic mass is 127. The van der Waals surface area contributed by atoms with Crippen molar-refractivity contribution in [3.8, 4) is 0 Å². The van der Waals surface area contributed by atoms with E-state index in [4.69, 9.17) is 0 Å². The number of hydrogen-bond donors (Lipinski definition) is 1. The van der Waals surface area contributed by atoms with E-state index in [1.165, 1.54) is 41.4 Å². The van der Waals surface area contributed by atoms with Gasteiger partial charge in [0.25, 0.3) is 0 Å². The van der Waals surface area contributed by atoms with Gasteiger partial charge >= 0.3 is 0 Å². The molecule has 0 saturated heterocycles. The number of hydrogen-bond acceptors (Lipinski definition) is 1. The molecule has 1 saturated carbocycles. The number of halogens is 1. The third kappa shape index (κ3) is 4.66. The van der Waals surface area contributed by atoms with Crippen molar-refractivity contribution < 1.29 is 0 Å². The molecule has 0 spiro atoms. The molecule has 0 aromatic heterocycles. The van der Waals surface area contributed by atoms with Crippen LogP contribution in [0.15, 0.2) is 24.3 Å². The first-order valence-electron chi connectivity index (χ1n) is 7.47. The summed E-state index contributed by atoms with van der Waals surface area (Å²) in [6, 6.07) is 9.42. The van der Waals surface area contributed by atoms with Gasteiger partial charge in [0.05, 0.1) is 0 Å². The third-order valence-corrected chi connectivity index (χ3v) is 5.13. The molecule has 0 amide bonds. The van der Waals surface area contributed by atoms with Crippen LogP contribution < -0.4 is 5.32 Å². The van der Waals surface area contributed by atoms with Gasteiger partial charge in [0.1, 0.15) is 0 Å². The van der Waals surface area contributed by atoms with Crippen LogP contribution in [0.1, 0.15) is 52.9 Å². The molecule has 2 atom stereocenters. The van der Waals surface area contributed by atoms with E-state index in [1.54, 1.807) is 0 Å². The molecule has 1 aromatic carbocycles. The van der Waals surface area contributed by atoms with Crippen molar-refractivity contribution in [3.05, 3.63) is 27.8 Å². The van der Waals surface area contributed by atoms with Crippen LogP contribution in [0.4, 0.5) is 5.69 Å². The van der Waals surface area contributed by atoms with Gasteiger partial charge in [-0.1, -0.05) is 27.2 Å². The zero-order valence-electron chi connectivity index (χ0n) is 12.4. The average Bonchev–Trinajstić information content (AvgIpc) is 2.57. The molecule has 1 fully saturated rings. The van der Waals surface area contributed by atoms with Crippen LogP contribution in [0.2, 0.25) is 0 Å². The normalized spacial score (nSPS) is 24.8. The Hall–Kier alpha value is -0.250. The fraction of sp³-hybridized carbons (Fsp3) is 0.647. The van der Waals surface area contributed by atoms with E-state index in [0.29, 0.717) is 11.5 Å². The lowest BCUT2D eigenvalue weighted by atomic mass is 9.76. The molecule has 0 heterocycles. The van der Waals surface area contributed by atoms with Gasteiger partial charge in [-0.05, 0) is 83.9 Å². The van der Waals surface area contributed by atoms with Gasteiger partial charge in [0.2, 0.25) is 0 Å². The summed E-state index contributed by atoms with van der Waals surface area (Å²) in [7, 11) is 0. The van der Waals surface area contributed by atoms with Crippen molar-refractivity contribution in [2.24, 2.45) is 11.3 Å². The van der Waals surface area contributed by atoms with Crippen LogP contribution in [0.25, 0.3) is 0 Å². The Morgan fingerprint density at radius 1 is 1.00 bits per heavy atom. The first kappa shape index (κ1) is 15.1. The topological polar surface area (TPSA) is 12.0 Å². The molecule has 1 N–H and O–H groups in total. The van der Waals surface area contributed by atoms with Gasteiger partial charge in [0.15, 0.2) is 0 Å². The largest absolute Gasteiger partial charge is 0.382 e. The summed E-state index contributed by atoms with van der Waals surface area (Å²) in [5.41, 5.74) is 1.75. The standard InChI is InChI=1S/C17H26IN/c1-17(2,3)13-5-4-6-15(10-7-13)19-16-11-8-14(18)9-12-16/h8-9,11-13,15,19H,4-7,10H2,1-3H3. The van der Waals surface area contributed by atoms with Crippen molar-refractivity contribution in [2.75, 3.05) is 5.32 Å². The second kappa shape index (κ2) is 6.47. The first-order valence-corrected chi connectivity index (χ1v) is 8.55. The lowest BCUT2D eigenvalue weighted by molar-refractivity contribution is 0.214. The maximum atomic E-state index is 3.72. The Labute approximate surface area is 131 Å². The molecule has 2 rings (SSSR count). The number of nitrogens with one attached hydrogen (secondary N) is 1. The monoisotopic (exact) mass is 371 g/mol. The SMILES string of the molecule is CC(C)(C)C1CCCC(Nc2ccc(I)cc2)CC1. The molecule has 106 valence electrons. The molecule has 2 unspecified atom stereocenters. The van der Waals surface area contributed by atoms with Gasteiger partial charge in [-0.2, -0.15) is 0 Å². The molecule has 19 heavy (non-hydrogen) atoms. The van der Waals surface area contributed by atoms with Crippen molar-refractivity contribution in [3.63, 3.8) is 0 Å². The van der Waals surface area contributed by atoms with Crippen LogP contribution in [0.3, 0.4) is 0 Å². The molecule has 1 aliphatic rings. The summed E-state index contributed by atoms with van der Waals surface area (Å²) >= 11 is 2.36. The predicted molar refractivity (Wildman–Crippen MR) is 92.6 cm³/mol. The van der Waals surface area contributed by atoms with E-state index in [1.807, 2.05) is 0 Å². The van der Waals surface area contributed by atoms with Crippen LogP contribution in [-0.4, -0.2) is 6.04 Å². The summed E-state index contributed by atoms with van der Waals surface area (Å²) in [6.07, 6.45) is 6.76. The number of benzene rings is 1. The Morgan fingerprint density at radius 3 is 2.32 bits per heavy atom. The Balaban J connectivity index is 1.91. The van der Waals surface area contributed by atoms with E-state index in [-0.39, 0.29) is 0 Å². The molecule has 1 aromatic rings. The maximum absolute atomic E-state index is 3.72. The minimum Gasteiger partial charge on any atom is -0.382 e. The summed E-state index contributed by atoms with van der Waals surface area (Å²) < 4.78 is 1.30. The first-order chi connectivity index (χ1) is 8.95. The fourth-order valence-electron chi connectivity index (χ4n) is 3.09. The Kier molecular flexibility index (Phi) is 5.15. The van der Waals surface area contributed by atoms with Crippen LogP contribution in [0, 0.1) is 14.9 Å². The summed E-state index contributed by atoms with van der Waals surface area (Å²) in [5, 5.41) is 3.72. The van der Waals surface area contributed by atoms with E-state index >= 15 is 0 Å². The van der Waals surface area contributed by atoms with Crippen molar-refractivity contribution >= 4 is 28.3 Å². The zero-order valence-corrected chi connectivity index (χ0v) is 14.5. The average molecular weight is 371 g/mol. The molecular weight excluding hydrogens is 345 g/mol. The van der Waals surface area contributed by atoms with Crippen molar-refractivity contribution in [1.82, 2.24) is 0 Å². The van der Waals surface area contributed by atoms with Crippen LogP contribution >= 0.6 is 22.6 Å². The van der Waals surface area contributed by atoms with E-state index in [0.717, 1.165) is 5.92 Å². The van der Waals surface area contributed by atoms with E-state index in [9.17, 15) is 0 Å². The molecule has 1 nitrogen and oxygen atoms in total. The van der Waals surface area contributed by atoms with Gasteiger partial charge in [-0.15, -0.1) is 0 Å². The lowest BCUT2D eigenvalue weighted by Gasteiger charge is -2.29. The molecular formula is C17H26IN. The second-order valence-corrected chi connectivity index (χ2v) is 8.16. The number of rotatable bonds is 2. The Morgan fingerprint density at radius 2 is 1.68 bits per heavy atom. The van der Waals surface area contributed by atoms with Crippen molar-refractivity contribution in [1.29, 1.82) is 0 Å². The molecule has 0 radical (unpaired) electrons. The minimum absolute atomic E-state index is 0.470. The third-order valence-electron chi connectivity index (χ3n) is 4.41. The second-order valence-electron chi connectivity index (χ2n) is 6.92. The minimum atomic E-state index is 0.470. The van der Waals surface area contributed by atoms with Gasteiger partial charge in [-0.25, -0.2) is 0 Å². The van der Waals surface area contributed by atoms with Crippen LogP contribution in [0.5, 0.6) is 0 Å². The predicted octanol–water partition coefficient (Wildman–Crippen LogP) is 5.70. The Bertz CT molecular complexity index is 391. The lowest BCUT2D eigenvalue weighted by Crippen LogP contribution is -2.21. The zero-order chi connectivity index (χ0) is 13.9. The molecule has 1 aliphatic carbocycles. The van der Waals surface area contributed by atoms with Gasteiger partial charge < -0.3 is 5.32 Å². The van der Waals surface area contributed by atoms with Crippen LogP contribution in [-0.2, 0) is 0 Å². The summed E-state index contributed by atoms with van der Waals surface area (Å²) in [6.45, 7) is 7.18. The van der Waals surface area contributed by atoms with Gasteiger partial charge in [0, 0.05) is 15.3 Å².